The van der Waals surface area contributed by atoms with Crippen LogP contribution >= 0.6 is 0 Å². The lowest BCUT2D eigenvalue weighted by Crippen LogP contribution is -2.28. The number of benzene rings is 1. The maximum Gasteiger partial charge on any atom is 0.123 e. The molecule has 3 nitrogen and oxygen atoms in total. The summed E-state index contributed by atoms with van der Waals surface area (Å²) in [4.78, 5) is 0. The number of methoxy groups -OCH3 is 1. The number of allylic oxidation sites excluding steroid dienone is 1. The highest BCUT2D eigenvalue weighted by Crippen LogP contribution is 2.27. The zero-order chi connectivity index (χ0) is 11.8. The van der Waals surface area contributed by atoms with Gasteiger partial charge in [-0.1, -0.05) is 24.3 Å². The van der Waals surface area contributed by atoms with Crippen molar-refractivity contribution in [1.82, 2.24) is 5.43 Å². The van der Waals surface area contributed by atoms with E-state index in [0.29, 0.717) is 0 Å². The summed E-state index contributed by atoms with van der Waals surface area (Å²) in [5.74, 6) is 6.46. The average Bonchev–Trinajstić information content (AvgIpc) is 2.35. The zero-order valence-electron chi connectivity index (χ0n) is 9.78. The Balaban J connectivity index is 2.73. The molecule has 0 heterocycles. The first-order valence-corrected chi connectivity index (χ1v) is 5.53. The standard InChI is InChI=1S/C13H20N2O/c1-3-4-5-9-12(15-14)11-8-6-7-10-13(11)16-2/h3,6-8,10,12,15H,1,4-5,9,14H2,2H3. The number of nitrogens with one attached hydrogen (secondary N) is 1. The number of rotatable bonds is 7. The van der Waals surface area contributed by atoms with Crippen LogP contribution in [0.3, 0.4) is 0 Å². The van der Waals surface area contributed by atoms with Gasteiger partial charge in [-0.25, -0.2) is 0 Å². The van der Waals surface area contributed by atoms with E-state index in [1.54, 1.807) is 7.11 Å². The van der Waals surface area contributed by atoms with Crippen LogP contribution in [-0.4, -0.2) is 7.11 Å². The molecule has 0 bridgehead atoms. The Morgan fingerprint density at radius 3 is 2.88 bits per heavy atom. The van der Waals surface area contributed by atoms with Gasteiger partial charge in [0.25, 0.3) is 0 Å². The summed E-state index contributed by atoms with van der Waals surface area (Å²) in [7, 11) is 1.68. The Morgan fingerprint density at radius 2 is 2.25 bits per heavy atom. The number of unbranched alkanes of at least 4 members (excludes halogenated alkanes) is 1. The molecular weight excluding hydrogens is 200 g/mol. The van der Waals surface area contributed by atoms with Gasteiger partial charge in [-0.2, -0.15) is 0 Å². The van der Waals surface area contributed by atoms with Gasteiger partial charge in [-0.15, -0.1) is 6.58 Å². The molecule has 0 saturated heterocycles. The predicted octanol–water partition coefficient (Wildman–Crippen LogP) is 2.56. The number of ether oxygens (including phenoxy) is 1. The highest BCUT2D eigenvalue weighted by molar-refractivity contribution is 5.35. The van der Waals surface area contributed by atoms with Crippen LogP contribution in [0, 0.1) is 0 Å². The van der Waals surface area contributed by atoms with Crippen LogP contribution in [0.25, 0.3) is 0 Å². The van der Waals surface area contributed by atoms with Crippen molar-refractivity contribution in [2.45, 2.75) is 25.3 Å². The number of hydrogen-bond acceptors (Lipinski definition) is 3. The predicted molar refractivity (Wildman–Crippen MR) is 67.1 cm³/mol. The van der Waals surface area contributed by atoms with Crippen molar-refractivity contribution in [3.63, 3.8) is 0 Å². The van der Waals surface area contributed by atoms with Crippen LogP contribution < -0.4 is 16.0 Å². The lowest BCUT2D eigenvalue weighted by Gasteiger charge is -2.18. The second-order valence-electron chi connectivity index (χ2n) is 3.68. The van der Waals surface area contributed by atoms with E-state index in [4.69, 9.17) is 10.6 Å². The number of para-hydroxylation sites is 1. The van der Waals surface area contributed by atoms with Crippen LogP contribution in [0.4, 0.5) is 0 Å². The van der Waals surface area contributed by atoms with Gasteiger partial charge in [0.15, 0.2) is 0 Å². The van der Waals surface area contributed by atoms with Crippen molar-refractivity contribution >= 4 is 0 Å². The molecule has 88 valence electrons. The van der Waals surface area contributed by atoms with Crippen molar-refractivity contribution in [1.29, 1.82) is 0 Å². The second-order valence-corrected chi connectivity index (χ2v) is 3.68. The van der Waals surface area contributed by atoms with Gasteiger partial charge in [-0.3, -0.25) is 11.3 Å². The SMILES string of the molecule is C=CCCCC(NN)c1ccccc1OC. The molecule has 0 amide bonds. The maximum atomic E-state index is 5.58. The second kappa shape index (κ2) is 7.04. The summed E-state index contributed by atoms with van der Waals surface area (Å²) >= 11 is 0. The molecule has 0 aliphatic carbocycles. The first-order chi connectivity index (χ1) is 7.83. The minimum Gasteiger partial charge on any atom is -0.496 e. The van der Waals surface area contributed by atoms with Crippen molar-refractivity contribution < 1.29 is 4.74 Å². The molecule has 1 rings (SSSR count). The third kappa shape index (κ3) is 3.36. The van der Waals surface area contributed by atoms with Gasteiger partial charge in [0, 0.05) is 11.6 Å². The van der Waals surface area contributed by atoms with Gasteiger partial charge in [0.05, 0.1) is 7.11 Å². The fourth-order valence-electron chi connectivity index (χ4n) is 1.75. The van der Waals surface area contributed by atoms with Crippen LogP contribution in [0.2, 0.25) is 0 Å². The molecule has 3 N–H and O–H groups in total. The molecular formula is C13H20N2O. The Morgan fingerprint density at radius 1 is 1.50 bits per heavy atom. The van der Waals surface area contributed by atoms with Gasteiger partial charge in [0.1, 0.15) is 5.75 Å². The van der Waals surface area contributed by atoms with Crippen LogP contribution in [0.15, 0.2) is 36.9 Å². The van der Waals surface area contributed by atoms with E-state index in [0.717, 1.165) is 30.6 Å². The van der Waals surface area contributed by atoms with Gasteiger partial charge in [0.2, 0.25) is 0 Å². The third-order valence-electron chi connectivity index (χ3n) is 2.62. The minimum absolute atomic E-state index is 0.135. The summed E-state index contributed by atoms with van der Waals surface area (Å²) < 4.78 is 5.32. The van der Waals surface area contributed by atoms with E-state index < -0.39 is 0 Å². The largest absolute Gasteiger partial charge is 0.496 e. The molecule has 0 spiro atoms. The molecule has 0 aliphatic rings. The summed E-state index contributed by atoms with van der Waals surface area (Å²) in [6.45, 7) is 3.71. The summed E-state index contributed by atoms with van der Waals surface area (Å²) in [6, 6.07) is 8.08. The fourth-order valence-corrected chi connectivity index (χ4v) is 1.75. The van der Waals surface area contributed by atoms with E-state index >= 15 is 0 Å². The van der Waals surface area contributed by atoms with E-state index in [-0.39, 0.29) is 6.04 Å². The molecule has 1 unspecified atom stereocenters. The molecule has 1 aromatic rings. The molecule has 0 saturated carbocycles. The Hall–Kier alpha value is -1.32. The highest BCUT2D eigenvalue weighted by atomic mass is 16.5. The van der Waals surface area contributed by atoms with E-state index in [1.807, 2.05) is 30.3 Å². The molecule has 0 aliphatic heterocycles. The number of hydrogen-bond donors (Lipinski definition) is 2. The van der Waals surface area contributed by atoms with Crippen molar-refractivity contribution in [2.75, 3.05) is 7.11 Å². The molecule has 1 aromatic carbocycles. The molecule has 0 aromatic heterocycles. The number of nitrogens with two attached hydrogens (primary N) is 1. The topological polar surface area (TPSA) is 47.3 Å². The fraction of sp³-hybridized carbons (Fsp3) is 0.385. The van der Waals surface area contributed by atoms with Gasteiger partial charge in [-0.05, 0) is 25.3 Å². The van der Waals surface area contributed by atoms with Crippen LogP contribution in [0.1, 0.15) is 30.9 Å². The van der Waals surface area contributed by atoms with Crippen molar-refractivity contribution in [2.24, 2.45) is 5.84 Å². The molecule has 0 fully saturated rings. The van der Waals surface area contributed by atoms with E-state index in [2.05, 4.69) is 12.0 Å². The highest BCUT2D eigenvalue weighted by Gasteiger charge is 2.13. The zero-order valence-corrected chi connectivity index (χ0v) is 9.78. The summed E-state index contributed by atoms with van der Waals surface area (Å²) in [5, 5.41) is 0. The van der Waals surface area contributed by atoms with Gasteiger partial charge < -0.3 is 4.74 Å². The lowest BCUT2D eigenvalue weighted by atomic mass is 10.0. The quantitative estimate of drug-likeness (QED) is 0.321. The molecule has 3 heteroatoms. The van der Waals surface area contributed by atoms with Crippen molar-refractivity contribution in [3.05, 3.63) is 42.5 Å². The molecule has 0 radical (unpaired) electrons. The Labute approximate surface area is 97.3 Å². The maximum absolute atomic E-state index is 5.58. The monoisotopic (exact) mass is 220 g/mol. The number of hydrazine groups is 1. The van der Waals surface area contributed by atoms with E-state index in [1.165, 1.54) is 0 Å². The van der Waals surface area contributed by atoms with Crippen LogP contribution in [-0.2, 0) is 0 Å². The first-order valence-electron chi connectivity index (χ1n) is 5.53. The third-order valence-corrected chi connectivity index (χ3v) is 2.62. The Kier molecular flexibility index (Phi) is 5.61. The van der Waals surface area contributed by atoms with Crippen molar-refractivity contribution in [3.8, 4) is 5.75 Å². The minimum atomic E-state index is 0.135. The first kappa shape index (κ1) is 12.7. The molecule has 16 heavy (non-hydrogen) atoms. The summed E-state index contributed by atoms with van der Waals surface area (Å²) in [6.07, 6.45) is 4.97. The smallest absolute Gasteiger partial charge is 0.123 e. The van der Waals surface area contributed by atoms with Gasteiger partial charge >= 0.3 is 0 Å². The molecule has 1 atom stereocenters. The lowest BCUT2D eigenvalue weighted by molar-refractivity contribution is 0.394. The van der Waals surface area contributed by atoms with Crippen LogP contribution in [0.5, 0.6) is 5.75 Å². The normalized spacial score (nSPS) is 12.1. The average molecular weight is 220 g/mol. The summed E-state index contributed by atoms with van der Waals surface area (Å²) in [5.41, 5.74) is 3.95. The Bertz CT molecular complexity index is 325. The van der Waals surface area contributed by atoms with E-state index in [9.17, 15) is 0 Å².